The third-order valence-electron chi connectivity index (χ3n) is 8.60. The fraction of sp³-hybridized carbons (Fsp3) is 0.519. The summed E-state index contributed by atoms with van der Waals surface area (Å²) in [4.78, 5) is 13.0. The van der Waals surface area contributed by atoms with E-state index in [2.05, 4.69) is 17.4 Å². The molecule has 2 N–H and O–H groups in total. The molecule has 4 aliphatic carbocycles. The van der Waals surface area contributed by atoms with E-state index < -0.39 is 15.6 Å². The van der Waals surface area contributed by atoms with Gasteiger partial charge in [0.25, 0.3) is 5.91 Å². The molecule has 6 nitrogen and oxygen atoms in total. The minimum atomic E-state index is -3.48. The number of amides is 1. The van der Waals surface area contributed by atoms with E-state index in [1.807, 2.05) is 12.1 Å². The first-order valence-electron chi connectivity index (χ1n) is 12.5. The maximum Gasteiger partial charge on any atom is 0.255 e. The summed E-state index contributed by atoms with van der Waals surface area (Å²) in [6, 6.07) is 14.3. The van der Waals surface area contributed by atoms with Crippen LogP contribution in [0.5, 0.6) is 0 Å². The molecule has 7 rings (SSSR count). The maximum atomic E-state index is 12.8. The number of carbonyl (C=O) groups is 1. The van der Waals surface area contributed by atoms with Crippen LogP contribution in [0.25, 0.3) is 0 Å². The lowest BCUT2D eigenvalue weighted by molar-refractivity contribution is -0.136. The minimum Gasteiger partial charge on any atom is -0.390 e. The normalized spacial score (nSPS) is 32.7. The highest BCUT2D eigenvalue weighted by molar-refractivity contribution is 7.89. The molecule has 2 aromatic rings. The van der Waals surface area contributed by atoms with Gasteiger partial charge < -0.3 is 10.4 Å². The molecule has 4 saturated carbocycles. The van der Waals surface area contributed by atoms with Gasteiger partial charge in [0, 0.05) is 24.3 Å². The Balaban J connectivity index is 1.15. The highest BCUT2D eigenvalue weighted by Gasteiger charge is 2.57. The van der Waals surface area contributed by atoms with Crippen molar-refractivity contribution in [2.45, 2.75) is 67.3 Å². The molecule has 7 heteroatoms. The lowest BCUT2D eigenvalue weighted by Crippen LogP contribution is -2.57. The molecule has 1 heterocycles. The Bertz CT molecular complexity index is 1190. The van der Waals surface area contributed by atoms with Gasteiger partial charge in [-0.05, 0) is 111 Å². The van der Waals surface area contributed by atoms with Gasteiger partial charge in [0.1, 0.15) is 0 Å². The zero-order valence-electron chi connectivity index (χ0n) is 19.4. The van der Waals surface area contributed by atoms with Crippen molar-refractivity contribution >= 4 is 21.6 Å². The van der Waals surface area contributed by atoms with E-state index in [1.54, 1.807) is 12.1 Å². The monoisotopic (exact) mass is 480 g/mol. The number of rotatable bonds is 5. The first-order chi connectivity index (χ1) is 16.2. The van der Waals surface area contributed by atoms with Crippen molar-refractivity contribution in [1.29, 1.82) is 0 Å². The van der Waals surface area contributed by atoms with Crippen LogP contribution in [-0.2, 0) is 15.4 Å². The number of sulfonamides is 1. The smallest absolute Gasteiger partial charge is 0.255 e. The van der Waals surface area contributed by atoms with Crippen LogP contribution in [0, 0.1) is 11.8 Å². The summed E-state index contributed by atoms with van der Waals surface area (Å²) in [6.45, 7) is 1.12. The molecular formula is C27H32N2O4S. The van der Waals surface area contributed by atoms with Gasteiger partial charge in [0.15, 0.2) is 0 Å². The van der Waals surface area contributed by atoms with Crippen LogP contribution in [0.2, 0.25) is 0 Å². The standard InChI is InChI=1S/C27H32N2O4S/c30-25(21-3-9-24(10-4-21)34(32,33)29-11-1-2-12-29)28-23-7-5-22(6-8-23)26-14-19-13-20(15-26)17-27(31,16-19)18-26/h3-10,19-20,31H,1-2,11-18H2,(H,28,30). The fourth-order valence-electron chi connectivity index (χ4n) is 7.52. The Labute approximate surface area is 201 Å². The number of hydrogen-bond donors (Lipinski definition) is 2. The average Bonchev–Trinajstić information content (AvgIpc) is 3.34. The second-order valence-corrected chi connectivity index (χ2v) is 13.1. The highest BCUT2D eigenvalue weighted by Crippen LogP contribution is 2.62. The molecule has 5 fully saturated rings. The van der Waals surface area contributed by atoms with Gasteiger partial charge in [-0.3, -0.25) is 4.79 Å². The van der Waals surface area contributed by atoms with Crippen molar-refractivity contribution in [3.8, 4) is 0 Å². The molecule has 2 aromatic carbocycles. The van der Waals surface area contributed by atoms with Crippen LogP contribution in [-0.4, -0.2) is 42.4 Å². The van der Waals surface area contributed by atoms with E-state index in [9.17, 15) is 18.3 Å². The summed E-state index contributed by atoms with van der Waals surface area (Å²) in [7, 11) is -3.48. The second-order valence-electron chi connectivity index (χ2n) is 11.1. The van der Waals surface area contributed by atoms with Crippen LogP contribution < -0.4 is 5.32 Å². The van der Waals surface area contributed by atoms with E-state index in [-0.39, 0.29) is 16.2 Å². The first kappa shape index (κ1) is 22.3. The third-order valence-corrected chi connectivity index (χ3v) is 10.5. The predicted molar refractivity (Wildman–Crippen MR) is 130 cm³/mol. The molecule has 2 unspecified atom stereocenters. The van der Waals surface area contributed by atoms with Crippen molar-refractivity contribution in [2.75, 3.05) is 18.4 Å². The third kappa shape index (κ3) is 3.78. The van der Waals surface area contributed by atoms with Crippen molar-refractivity contribution in [3.63, 3.8) is 0 Å². The van der Waals surface area contributed by atoms with E-state index in [4.69, 9.17) is 0 Å². The van der Waals surface area contributed by atoms with E-state index in [1.165, 1.54) is 28.4 Å². The van der Waals surface area contributed by atoms with Crippen LogP contribution in [0.4, 0.5) is 5.69 Å². The molecule has 2 atom stereocenters. The number of hydrogen-bond acceptors (Lipinski definition) is 4. The number of anilines is 1. The van der Waals surface area contributed by atoms with Crippen molar-refractivity contribution < 1.29 is 18.3 Å². The summed E-state index contributed by atoms with van der Waals surface area (Å²) in [5.74, 6) is 0.993. The molecule has 1 aliphatic heterocycles. The van der Waals surface area contributed by atoms with E-state index in [0.29, 0.717) is 36.2 Å². The Hall–Kier alpha value is -2.22. The molecule has 180 valence electrons. The first-order valence-corrected chi connectivity index (χ1v) is 13.9. The lowest BCUT2D eigenvalue weighted by Gasteiger charge is -2.60. The number of nitrogens with zero attached hydrogens (tertiary/aromatic N) is 1. The summed E-state index contributed by atoms with van der Waals surface area (Å²) in [6.07, 6.45) is 8.12. The topological polar surface area (TPSA) is 86.7 Å². The molecule has 0 spiro atoms. The number of carbonyl (C=O) groups excluding carboxylic acids is 1. The molecular weight excluding hydrogens is 448 g/mol. The summed E-state index contributed by atoms with van der Waals surface area (Å²) < 4.78 is 26.9. The largest absolute Gasteiger partial charge is 0.390 e. The Kier molecular flexibility index (Phi) is 5.17. The Morgan fingerprint density at radius 3 is 2.12 bits per heavy atom. The van der Waals surface area contributed by atoms with Crippen LogP contribution >= 0.6 is 0 Å². The van der Waals surface area contributed by atoms with Gasteiger partial charge >= 0.3 is 0 Å². The van der Waals surface area contributed by atoms with Crippen molar-refractivity contribution in [3.05, 3.63) is 59.7 Å². The summed E-state index contributed by atoms with van der Waals surface area (Å²) in [5, 5.41) is 14.0. The van der Waals surface area contributed by atoms with E-state index in [0.717, 1.165) is 44.9 Å². The summed E-state index contributed by atoms with van der Waals surface area (Å²) in [5.41, 5.74) is 1.98. The van der Waals surface area contributed by atoms with Gasteiger partial charge in [-0.25, -0.2) is 8.42 Å². The zero-order valence-corrected chi connectivity index (χ0v) is 20.2. The number of nitrogens with one attached hydrogen (secondary N) is 1. The fourth-order valence-corrected chi connectivity index (χ4v) is 9.04. The quantitative estimate of drug-likeness (QED) is 0.668. The molecule has 34 heavy (non-hydrogen) atoms. The molecule has 1 saturated heterocycles. The lowest BCUT2D eigenvalue weighted by atomic mass is 9.46. The van der Waals surface area contributed by atoms with Crippen molar-refractivity contribution in [2.24, 2.45) is 11.8 Å². The summed E-state index contributed by atoms with van der Waals surface area (Å²) >= 11 is 0. The van der Waals surface area contributed by atoms with Gasteiger partial charge in [0.2, 0.25) is 10.0 Å². The predicted octanol–water partition coefficient (Wildman–Crippen LogP) is 4.31. The molecule has 4 bridgehead atoms. The molecule has 5 aliphatic rings. The Morgan fingerprint density at radius 2 is 1.53 bits per heavy atom. The van der Waals surface area contributed by atoms with Gasteiger partial charge in [-0.2, -0.15) is 4.31 Å². The average molecular weight is 481 g/mol. The molecule has 0 radical (unpaired) electrons. The Morgan fingerprint density at radius 1 is 0.912 bits per heavy atom. The molecule has 1 amide bonds. The van der Waals surface area contributed by atoms with Crippen LogP contribution in [0.15, 0.2) is 53.4 Å². The second kappa shape index (κ2) is 7.90. The minimum absolute atomic E-state index is 0.0675. The van der Waals surface area contributed by atoms with Crippen molar-refractivity contribution in [1.82, 2.24) is 4.31 Å². The zero-order chi connectivity index (χ0) is 23.6. The molecule has 0 aromatic heterocycles. The maximum absolute atomic E-state index is 12.8. The number of benzene rings is 2. The SMILES string of the molecule is O=C(Nc1ccc(C23CC4CC(CC(O)(C4)C2)C3)cc1)c1ccc(S(=O)(=O)N2CCCC2)cc1. The highest BCUT2D eigenvalue weighted by atomic mass is 32.2. The number of aliphatic hydroxyl groups is 1. The van der Waals surface area contributed by atoms with E-state index >= 15 is 0 Å². The van der Waals surface area contributed by atoms with Gasteiger partial charge in [-0.1, -0.05) is 12.1 Å². The van der Waals surface area contributed by atoms with Gasteiger partial charge in [-0.15, -0.1) is 0 Å². The van der Waals surface area contributed by atoms with Crippen LogP contribution in [0.1, 0.15) is 67.3 Å². The van der Waals surface area contributed by atoms with Crippen LogP contribution in [0.3, 0.4) is 0 Å². The van der Waals surface area contributed by atoms with Gasteiger partial charge in [0.05, 0.1) is 10.5 Å².